The number of rotatable bonds is 4. The molecular weight excluding hydrogens is 464 g/mol. The van der Waals surface area contributed by atoms with E-state index in [1.54, 1.807) is 47.4 Å². The van der Waals surface area contributed by atoms with E-state index in [2.05, 4.69) is 0 Å². The summed E-state index contributed by atoms with van der Waals surface area (Å²) in [6, 6.07) is 11.9. The van der Waals surface area contributed by atoms with E-state index >= 15 is 0 Å². The number of hydrogen-bond acceptors (Lipinski definition) is 7. The molecule has 0 radical (unpaired) electrons. The Hall–Kier alpha value is -3.85. The second kappa shape index (κ2) is 8.37. The number of fused-ring (bicyclic) bond motifs is 3. The number of carbonyl (C=O) groups is 3. The first-order valence-electron chi connectivity index (χ1n) is 12.2. The van der Waals surface area contributed by atoms with E-state index in [1.807, 2.05) is 6.92 Å². The van der Waals surface area contributed by atoms with Crippen LogP contribution < -0.4 is 14.4 Å². The van der Waals surface area contributed by atoms with Crippen molar-refractivity contribution in [2.24, 2.45) is 0 Å². The standard InChI is InChI=1S/C27H26N2O7/c1-2-28-19-8-4-3-7-18(19)27(26(28)33)22(24(31)25(32)29(27)15-17-6-5-11-34-17)23(30)16-9-10-20-21(14-16)36-13-12-35-20/h3-4,7-10,14,17,30H,2,5-6,11-13,15H2,1H3/b23-22-. The second-order valence-electron chi connectivity index (χ2n) is 9.24. The molecule has 4 heterocycles. The Morgan fingerprint density at radius 1 is 1.06 bits per heavy atom. The molecule has 36 heavy (non-hydrogen) atoms. The maximum Gasteiger partial charge on any atom is 0.296 e. The molecule has 0 aromatic heterocycles. The number of ketones is 1. The van der Waals surface area contributed by atoms with Crippen LogP contribution in [0.1, 0.15) is 30.9 Å². The molecule has 1 N–H and O–H groups in total. The van der Waals surface area contributed by atoms with E-state index in [1.165, 1.54) is 4.90 Å². The van der Waals surface area contributed by atoms with Gasteiger partial charge < -0.3 is 29.1 Å². The first-order chi connectivity index (χ1) is 17.5. The normalized spacial score (nSPS) is 26.2. The number of para-hydroxylation sites is 1. The highest BCUT2D eigenvalue weighted by molar-refractivity contribution is 6.50. The Bertz CT molecular complexity index is 1310. The van der Waals surface area contributed by atoms with Crippen molar-refractivity contribution < 1.29 is 33.7 Å². The number of hydrogen-bond donors (Lipinski definition) is 1. The van der Waals surface area contributed by atoms with Gasteiger partial charge in [0.1, 0.15) is 19.0 Å². The summed E-state index contributed by atoms with van der Waals surface area (Å²) in [4.78, 5) is 44.3. The average Bonchev–Trinajstić information content (AvgIpc) is 3.56. The highest BCUT2D eigenvalue weighted by Crippen LogP contribution is 2.54. The number of anilines is 1. The van der Waals surface area contributed by atoms with Crippen molar-refractivity contribution in [3.8, 4) is 11.5 Å². The van der Waals surface area contributed by atoms with Gasteiger partial charge in [0.25, 0.3) is 17.6 Å². The van der Waals surface area contributed by atoms with Crippen LogP contribution in [0.15, 0.2) is 48.0 Å². The Morgan fingerprint density at radius 3 is 2.58 bits per heavy atom. The lowest BCUT2D eigenvalue weighted by Gasteiger charge is -2.35. The van der Waals surface area contributed by atoms with Crippen molar-refractivity contribution in [2.45, 2.75) is 31.4 Å². The zero-order valence-corrected chi connectivity index (χ0v) is 19.9. The number of nitrogens with zero attached hydrogens (tertiary/aromatic N) is 2. The van der Waals surface area contributed by atoms with E-state index in [0.717, 1.165) is 6.42 Å². The Morgan fingerprint density at radius 2 is 1.83 bits per heavy atom. The minimum Gasteiger partial charge on any atom is -0.507 e. The molecule has 1 spiro atoms. The smallest absolute Gasteiger partial charge is 0.296 e. The SMILES string of the molecule is CCN1C(=O)C2(/C(=C(\O)c3ccc4c(c3)OCCO4)C(=O)C(=O)N2CC2CCCO2)c2ccccc21. The van der Waals surface area contributed by atoms with Crippen molar-refractivity contribution in [3.63, 3.8) is 0 Å². The van der Waals surface area contributed by atoms with Crippen molar-refractivity contribution in [1.29, 1.82) is 0 Å². The molecule has 0 saturated carbocycles. The third kappa shape index (κ3) is 3.02. The van der Waals surface area contributed by atoms with E-state index in [9.17, 15) is 19.5 Å². The second-order valence-corrected chi connectivity index (χ2v) is 9.24. The predicted molar refractivity (Wildman–Crippen MR) is 129 cm³/mol. The molecule has 2 saturated heterocycles. The molecule has 2 fully saturated rings. The van der Waals surface area contributed by atoms with Gasteiger partial charge in [-0.1, -0.05) is 18.2 Å². The third-order valence-electron chi connectivity index (χ3n) is 7.35. The van der Waals surface area contributed by atoms with Crippen LogP contribution in [0.4, 0.5) is 5.69 Å². The number of Topliss-reactive ketones (excluding diaryl/α,β-unsaturated/α-hetero) is 1. The molecular formula is C27H26N2O7. The van der Waals surface area contributed by atoms with Crippen LogP contribution in [0, 0.1) is 0 Å². The van der Waals surface area contributed by atoms with Crippen LogP contribution in [0.3, 0.4) is 0 Å². The molecule has 2 aromatic rings. The van der Waals surface area contributed by atoms with Gasteiger partial charge in [-0.05, 0) is 44.0 Å². The zero-order chi connectivity index (χ0) is 25.0. The van der Waals surface area contributed by atoms with Gasteiger partial charge >= 0.3 is 0 Å². The van der Waals surface area contributed by atoms with Gasteiger partial charge in [0.2, 0.25) is 0 Å². The number of aliphatic hydroxyl groups is 1. The topological polar surface area (TPSA) is 106 Å². The average molecular weight is 491 g/mol. The monoisotopic (exact) mass is 490 g/mol. The van der Waals surface area contributed by atoms with Crippen molar-refractivity contribution in [2.75, 3.05) is 37.8 Å². The largest absolute Gasteiger partial charge is 0.507 e. The lowest BCUT2D eigenvalue weighted by atomic mass is 9.81. The van der Waals surface area contributed by atoms with Crippen LogP contribution in [0.2, 0.25) is 0 Å². The third-order valence-corrected chi connectivity index (χ3v) is 7.35. The van der Waals surface area contributed by atoms with E-state index < -0.39 is 28.9 Å². The van der Waals surface area contributed by atoms with Crippen molar-refractivity contribution in [1.82, 2.24) is 4.90 Å². The van der Waals surface area contributed by atoms with E-state index in [4.69, 9.17) is 14.2 Å². The first kappa shape index (κ1) is 22.6. The number of likely N-dealkylation sites (tertiary alicyclic amines) is 1. The van der Waals surface area contributed by atoms with E-state index in [-0.39, 0.29) is 23.8 Å². The van der Waals surface area contributed by atoms with Gasteiger partial charge in [-0.15, -0.1) is 0 Å². The minimum atomic E-state index is -1.79. The van der Waals surface area contributed by atoms with Gasteiger partial charge in [0.15, 0.2) is 17.0 Å². The minimum absolute atomic E-state index is 0.0696. The number of carbonyl (C=O) groups excluding carboxylic acids is 3. The van der Waals surface area contributed by atoms with Crippen LogP contribution >= 0.6 is 0 Å². The Labute approximate surface area is 207 Å². The molecule has 4 aliphatic rings. The van der Waals surface area contributed by atoms with Gasteiger partial charge in [0.05, 0.1) is 17.4 Å². The summed E-state index contributed by atoms with van der Waals surface area (Å²) in [5.74, 6) is -1.66. The fourth-order valence-electron chi connectivity index (χ4n) is 5.76. The molecule has 2 atom stereocenters. The Kier molecular flexibility index (Phi) is 5.26. The maximum atomic E-state index is 14.2. The molecule has 9 nitrogen and oxygen atoms in total. The molecule has 186 valence electrons. The summed E-state index contributed by atoms with van der Waals surface area (Å²) in [5.41, 5.74) is -0.667. The van der Waals surface area contributed by atoms with Crippen LogP contribution in [-0.4, -0.2) is 66.6 Å². The molecule has 4 aliphatic heterocycles. The van der Waals surface area contributed by atoms with E-state index in [0.29, 0.717) is 55.5 Å². The number of aliphatic hydroxyl groups excluding tert-OH is 1. The highest BCUT2D eigenvalue weighted by atomic mass is 16.6. The zero-order valence-electron chi connectivity index (χ0n) is 19.9. The molecule has 9 heteroatoms. The first-order valence-corrected chi connectivity index (χ1v) is 12.2. The van der Waals surface area contributed by atoms with Crippen LogP contribution in [0.25, 0.3) is 5.76 Å². The van der Waals surface area contributed by atoms with Gasteiger partial charge in [0, 0.05) is 30.8 Å². The molecule has 6 rings (SSSR count). The van der Waals surface area contributed by atoms with Gasteiger partial charge in [-0.2, -0.15) is 0 Å². The Balaban J connectivity index is 1.59. The quantitative estimate of drug-likeness (QED) is 0.399. The molecule has 2 amide bonds. The van der Waals surface area contributed by atoms with Crippen LogP contribution in [-0.2, 0) is 24.7 Å². The van der Waals surface area contributed by atoms with Crippen LogP contribution in [0.5, 0.6) is 11.5 Å². The number of benzene rings is 2. The fourth-order valence-corrected chi connectivity index (χ4v) is 5.76. The summed E-state index contributed by atoms with van der Waals surface area (Å²) in [6.07, 6.45) is 1.25. The fraction of sp³-hybridized carbons (Fsp3) is 0.370. The molecule has 0 bridgehead atoms. The molecule has 2 aromatic carbocycles. The maximum absolute atomic E-state index is 14.2. The van der Waals surface area contributed by atoms with Crippen molar-refractivity contribution >= 4 is 29.0 Å². The number of amides is 2. The predicted octanol–water partition coefficient (Wildman–Crippen LogP) is 2.58. The van der Waals surface area contributed by atoms with Gasteiger partial charge in [-0.25, -0.2) is 0 Å². The summed E-state index contributed by atoms with van der Waals surface area (Å²) < 4.78 is 17.0. The highest BCUT2D eigenvalue weighted by Gasteiger charge is 2.67. The lowest BCUT2D eigenvalue weighted by Crippen LogP contribution is -2.53. The summed E-state index contributed by atoms with van der Waals surface area (Å²) in [7, 11) is 0. The molecule has 0 aliphatic carbocycles. The summed E-state index contributed by atoms with van der Waals surface area (Å²) in [5, 5.41) is 11.6. The number of ether oxygens (including phenoxy) is 3. The van der Waals surface area contributed by atoms with Gasteiger partial charge in [-0.3, -0.25) is 14.4 Å². The van der Waals surface area contributed by atoms with Crippen molar-refractivity contribution in [3.05, 3.63) is 59.2 Å². The lowest BCUT2D eigenvalue weighted by molar-refractivity contribution is -0.145. The summed E-state index contributed by atoms with van der Waals surface area (Å²) in [6.45, 7) is 3.56. The summed E-state index contributed by atoms with van der Waals surface area (Å²) >= 11 is 0. The molecule has 2 unspecified atom stereocenters. The number of likely N-dealkylation sites (N-methyl/N-ethyl adjacent to an activating group) is 1.